The third kappa shape index (κ3) is 11.5. The molecule has 2 amide bonds. The maximum absolute atomic E-state index is 14.5. The highest BCUT2D eigenvalue weighted by Gasteiger charge is 2.53. The highest BCUT2D eigenvalue weighted by atomic mass is 35.5. The number of piperidine rings is 2. The normalized spacial score (nSPS) is 24.6. The van der Waals surface area contributed by atoms with E-state index in [1.165, 1.54) is 25.7 Å². The summed E-state index contributed by atoms with van der Waals surface area (Å²) in [6.45, 7) is 16.5. The van der Waals surface area contributed by atoms with Gasteiger partial charge in [0.1, 0.15) is 0 Å². The van der Waals surface area contributed by atoms with E-state index in [0.717, 1.165) is 57.9 Å². The van der Waals surface area contributed by atoms with E-state index in [2.05, 4.69) is 123 Å². The second-order valence-electron chi connectivity index (χ2n) is 21.6. The van der Waals surface area contributed by atoms with Crippen molar-refractivity contribution in [2.24, 2.45) is 10.8 Å². The highest BCUT2D eigenvalue weighted by Crippen LogP contribution is 2.56. The van der Waals surface area contributed by atoms with Crippen molar-refractivity contribution in [3.63, 3.8) is 0 Å². The van der Waals surface area contributed by atoms with Crippen LogP contribution in [0.2, 0.25) is 20.1 Å². The van der Waals surface area contributed by atoms with Crippen LogP contribution in [0, 0.1) is 10.8 Å². The Bertz CT molecular complexity index is 2770. The number of likely N-dealkylation sites (tertiary alicyclic amines) is 2. The van der Waals surface area contributed by atoms with Crippen molar-refractivity contribution in [3.05, 3.63) is 224 Å². The van der Waals surface area contributed by atoms with Crippen molar-refractivity contribution in [3.8, 4) is 0 Å². The molecule has 0 radical (unpaired) electrons. The van der Waals surface area contributed by atoms with E-state index < -0.39 is 10.8 Å². The molecule has 2 saturated heterocycles. The van der Waals surface area contributed by atoms with Gasteiger partial charge >= 0.3 is 0 Å². The van der Waals surface area contributed by atoms with E-state index in [9.17, 15) is 9.59 Å². The van der Waals surface area contributed by atoms with Gasteiger partial charge in [-0.15, -0.1) is 13.2 Å². The number of benzene rings is 4. The number of hydrogen-bond acceptors (Lipinski definition) is 4. The summed E-state index contributed by atoms with van der Waals surface area (Å²) in [5, 5.41) is 2.76. The molecule has 0 unspecified atom stereocenters. The summed E-state index contributed by atoms with van der Waals surface area (Å²) >= 11 is 25.6. The number of halogens is 4. The molecule has 0 bridgehead atoms. The average Bonchev–Trinajstić information content (AvgIpc) is 4.34. The summed E-state index contributed by atoms with van der Waals surface area (Å²) < 4.78 is 0. The smallest absolute Gasteiger partial charge is 0.229 e. The highest BCUT2D eigenvalue weighted by molar-refractivity contribution is 6.31. The molecule has 2 aliphatic heterocycles. The van der Waals surface area contributed by atoms with Gasteiger partial charge in [0.05, 0.1) is 46.4 Å². The first-order chi connectivity index (χ1) is 35.7. The third-order valence-corrected chi connectivity index (χ3v) is 17.0. The monoisotopic (exact) mass is 1060 g/mol. The standard InChI is InChI=1S/2C32H34Cl2N2O/c2*1-4-18-32(3)20-26(23-8-6-9-25(34)19-23)30(22-14-16-24(33)17-15-22)36(31(32)37)29(5-2)28-11-7-10-27(35-28)21-12-13-21/h2*4,6-11,14-17,19,21,26,29-30H,1,5,12-13,18,20H2,2-3H3/t26-,29+,30-,32+;26-,29-,30-,32+/m11/s1. The quantitative estimate of drug-likeness (QED) is 0.0906. The molecule has 6 aromatic rings. The van der Waals surface area contributed by atoms with E-state index in [1.54, 1.807) is 0 Å². The number of hydrogen-bond donors (Lipinski definition) is 0. The van der Waals surface area contributed by atoms with E-state index in [1.807, 2.05) is 72.8 Å². The molecule has 4 fully saturated rings. The Morgan fingerprint density at radius 3 is 1.22 bits per heavy atom. The fraction of sp³-hybridized carbons (Fsp3) is 0.375. The number of allylic oxidation sites excluding steroid dienone is 2. The number of nitrogens with zero attached hydrogens (tertiary/aromatic N) is 4. The van der Waals surface area contributed by atoms with Crippen LogP contribution in [-0.4, -0.2) is 31.6 Å². The summed E-state index contributed by atoms with van der Waals surface area (Å²) in [6.07, 6.45) is 12.7. The molecule has 2 saturated carbocycles. The molecule has 74 heavy (non-hydrogen) atoms. The van der Waals surface area contributed by atoms with Crippen LogP contribution in [0.3, 0.4) is 0 Å². The Morgan fingerprint density at radius 2 is 0.892 bits per heavy atom. The second-order valence-corrected chi connectivity index (χ2v) is 23.4. The van der Waals surface area contributed by atoms with E-state index >= 15 is 0 Å². The lowest BCUT2D eigenvalue weighted by Crippen LogP contribution is -2.53. The van der Waals surface area contributed by atoms with Crippen LogP contribution in [0.1, 0.15) is 185 Å². The van der Waals surface area contributed by atoms with E-state index in [4.69, 9.17) is 56.4 Å². The van der Waals surface area contributed by atoms with Gasteiger partial charge in [-0.05, 0) is 159 Å². The fourth-order valence-corrected chi connectivity index (χ4v) is 12.7. The lowest BCUT2D eigenvalue weighted by atomic mass is 9.67. The SMILES string of the molecule is C=CC[C@@]1(C)C[C@H](c2cccc(Cl)c2)[C@@H](c2ccc(Cl)cc2)N([C@@H](CC)c2cccc(C3CC3)n2)C1=O.C=CC[C@@]1(C)C[C@H](c2cccc(Cl)c2)[C@@H](c2ccc(Cl)cc2)N([C@H](CC)c2cccc(C3CC3)n2)C1=O. The second kappa shape index (κ2) is 22.9. The molecule has 4 heterocycles. The van der Waals surface area contributed by atoms with Crippen molar-refractivity contribution in [2.45, 2.75) is 140 Å². The third-order valence-electron chi connectivity index (χ3n) is 16.1. The number of pyridine rings is 2. The zero-order valence-electron chi connectivity index (χ0n) is 43.1. The number of carbonyl (C=O) groups excluding carboxylic acids is 2. The van der Waals surface area contributed by atoms with Crippen LogP contribution in [0.25, 0.3) is 0 Å². The first kappa shape index (κ1) is 53.6. The van der Waals surface area contributed by atoms with Crippen molar-refractivity contribution in [1.82, 2.24) is 19.8 Å². The van der Waals surface area contributed by atoms with Gasteiger partial charge in [-0.1, -0.05) is 147 Å². The summed E-state index contributed by atoms with van der Waals surface area (Å²) in [6, 6.07) is 44.0. The van der Waals surface area contributed by atoms with Crippen molar-refractivity contribution in [2.75, 3.05) is 0 Å². The molecule has 4 aromatic carbocycles. The fourth-order valence-electron chi connectivity index (χ4n) is 12.1. The Hall–Kier alpha value is -5.24. The minimum absolute atomic E-state index is 0.0446. The molecule has 384 valence electrons. The molecular weight excluding hydrogens is 999 g/mol. The molecule has 8 atom stereocenters. The Balaban J connectivity index is 0.000000182. The van der Waals surface area contributed by atoms with Crippen LogP contribution in [0.5, 0.6) is 0 Å². The molecule has 0 N–H and O–H groups in total. The molecule has 10 heteroatoms. The average molecular weight is 1070 g/mol. The summed E-state index contributed by atoms with van der Waals surface area (Å²) in [4.78, 5) is 43.5. The van der Waals surface area contributed by atoms with Crippen LogP contribution < -0.4 is 0 Å². The van der Waals surface area contributed by atoms with Crippen molar-refractivity contribution in [1.29, 1.82) is 0 Å². The molecule has 0 spiro atoms. The van der Waals surface area contributed by atoms with Crippen LogP contribution in [0.15, 0.2) is 159 Å². The topological polar surface area (TPSA) is 66.4 Å². The minimum Gasteiger partial charge on any atom is -0.326 e. The number of carbonyl (C=O) groups is 2. The summed E-state index contributed by atoms with van der Waals surface area (Å²) in [5.41, 5.74) is 7.45. The first-order valence-electron chi connectivity index (χ1n) is 26.5. The molecule has 2 aromatic heterocycles. The predicted octanol–water partition coefficient (Wildman–Crippen LogP) is 18.1. The minimum atomic E-state index is -0.584. The van der Waals surface area contributed by atoms with Crippen molar-refractivity contribution >= 4 is 58.2 Å². The van der Waals surface area contributed by atoms with E-state index in [-0.39, 0.29) is 47.8 Å². The van der Waals surface area contributed by atoms with Gasteiger partial charge in [-0.2, -0.15) is 0 Å². The summed E-state index contributed by atoms with van der Waals surface area (Å²) in [7, 11) is 0. The van der Waals surface area contributed by atoms with E-state index in [0.29, 0.717) is 57.6 Å². The van der Waals surface area contributed by atoms with Gasteiger partial charge in [0.15, 0.2) is 0 Å². The number of aromatic nitrogens is 2. The van der Waals surface area contributed by atoms with Gasteiger partial charge in [0, 0.05) is 55.2 Å². The van der Waals surface area contributed by atoms with Crippen LogP contribution >= 0.6 is 46.4 Å². The van der Waals surface area contributed by atoms with Crippen molar-refractivity contribution < 1.29 is 9.59 Å². The predicted molar refractivity (Wildman–Crippen MR) is 304 cm³/mol. The van der Waals surface area contributed by atoms with Gasteiger partial charge in [0.25, 0.3) is 0 Å². The van der Waals surface area contributed by atoms with Gasteiger partial charge in [0.2, 0.25) is 11.8 Å². The lowest BCUT2D eigenvalue weighted by Gasteiger charge is -2.52. The zero-order chi connectivity index (χ0) is 52.3. The number of rotatable bonds is 16. The number of amides is 2. The zero-order valence-corrected chi connectivity index (χ0v) is 46.1. The largest absolute Gasteiger partial charge is 0.326 e. The molecule has 10 rings (SSSR count). The Labute approximate surface area is 459 Å². The maximum Gasteiger partial charge on any atom is 0.229 e. The molecule has 4 aliphatic rings. The molecule has 6 nitrogen and oxygen atoms in total. The molecular formula is C64H68Cl4N4O2. The van der Waals surface area contributed by atoms with Crippen LogP contribution in [0.4, 0.5) is 0 Å². The summed E-state index contributed by atoms with van der Waals surface area (Å²) in [5.74, 6) is 1.48. The van der Waals surface area contributed by atoms with Gasteiger partial charge in [-0.3, -0.25) is 19.6 Å². The van der Waals surface area contributed by atoms with Crippen LogP contribution in [-0.2, 0) is 9.59 Å². The lowest BCUT2D eigenvalue weighted by molar-refractivity contribution is -0.155. The Morgan fingerprint density at radius 1 is 0.527 bits per heavy atom. The van der Waals surface area contributed by atoms with Gasteiger partial charge < -0.3 is 9.80 Å². The van der Waals surface area contributed by atoms with Gasteiger partial charge in [-0.25, -0.2) is 0 Å². The molecule has 2 aliphatic carbocycles. The Kier molecular flexibility index (Phi) is 16.6. The first-order valence-corrected chi connectivity index (χ1v) is 28.0. The maximum atomic E-state index is 14.5.